The van der Waals surface area contributed by atoms with Gasteiger partial charge in [-0.15, -0.1) is 0 Å². The Morgan fingerprint density at radius 1 is 0.523 bits per heavy atom. The zero-order valence-corrected chi connectivity index (χ0v) is 26.3. The highest BCUT2D eigenvalue weighted by molar-refractivity contribution is 7.90. The van der Waals surface area contributed by atoms with Crippen LogP contribution in [0.15, 0.2) is 119 Å². The molecule has 0 aliphatic carbocycles. The molecule has 6 rings (SSSR count). The Bertz CT molecular complexity index is 1650. The lowest BCUT2D eigenvalue weighted by Crippen LogP contribution is -2.21. The van der Waals surface area contributed by atoms with Crippen molar-refractivity contribution in [2.45, 2.75) is 61.0 Å². The van der Waals surface area contributed by atoms with E-state index in [1.807, 2.05) is 74.5 Å². The molecule has 0 amide bonds. The summed E-state index contributed by atoms with van der Waals surface area (Å²) < 4.78 is 70.6. The van der Waals surface area contributed by atoms with E-state index in [2.05, 4.69) is 0 Å². The minimum absolute atomic E-state index is 0.136. The van der Waals surface area contributed by atoms with Crippen molar-refractivity contribution in [2.24, 2.45) is 0 Å². The van der Waals surface area contributed by atoms with E-state index in [9.17, 15) is 16.8 Å². The third kappa shape index (κ3) is 6.37. The first kappa shape index (κ1) is 30.6. The summed E-state index contributed by atoms with van der Waals surface area (Å²) in [6.07, 6.45) is 0. The maximum Gasteiger partial charge on any atom is 0.243 e. The first-order valence-corrected chi connectivity index (χ1v) is 17.5. The van der Waals surface area contributed by atoms with Crippen molar-refractivity contribution in [3.63, 3.8) is 0 Å². The summed E-state index contributed by atoms with van der Waals surface area (Å²) in [6.45, 7) is 4.71. The molecule has 6 atom stereocenters. The van der Waals surface area contributed by atoms with Gasteiger partial charge in [0.1, 0.15) is 0 Å². The van der Waals surface area contributed by atoms with Crippen LogP contribution in [-0.2, 0) is 42.7 Å². The molecule has 0 spiro atoms. The van der Waals surface area contributed by atoms with Gasteiger partial charge in [0.25, 0.3) is 0 Å². The second-order valence-electron chi connectivity index (χ2n) is 11.4. The number of hydrogen-bond acceptors (Lipinski definition) is 6. The molecule has 8 nitrogen and oxygen atoms in total. The van der Waals surface area contributed by atoms with E-state index in [0.717, 1.165) is 22.3 Å². The van der Waals surface area contributed by atoms with Crippen LogP contribution in [0.2, 0.25) is 0 Å². The maximum atomic E-state index is 13.9. The molecule has 10 heteroatoms. The van der Waals surface area contributed by atoms with E-state index >= 15 is 0 Å². The number of nitrogens with zero attached hydrogens (tertiary/aromatic N) is 2. The van der Waals surface area contributed by atoms with Gasteiger partial charge < -0.3 is 9.47 Å². The molecule has 0 saturated carbocycles. The monoisotopic (exact) mass is 632 g/mol. The molecule has 230 valence electrons. The number of rotatable bonds is 13. The van der Waals surface area contributed by atoms with Crippen molar-refractivity contribution >= 4 is 20.0 Å². The van der Waals surface area contributed by atoms with Crippen LogP contribution >= 0.6 is 0 Å². The lowest BCUT2D eigenvalue weighted by Gasteiger charge is -2.09. The van der Waals surface area contributed by atoms with Crippen molar-refractivity contribution in [1.82, 2.24) is 8.61 Å². The fraction of sp³-hybridized carbons (Fsp3) is 0.294. The molecule has 0 bridgehead atoms. The molecule has 0 N–H and O–H groups in total. The first-order chi connectivity index (χ1) is 21.2. The third-order valence-corrected chi connectivity index (χ3v) is 12.1. The molecule has 4 aromatic rings. The Hall–Kier alpha value is -3.38. The summed E-state index contributed by atoms with van der Waals surface area (Å²) >= 11 is 0. The average molecular weight is 633 g/mol. The van der Waals surface area contributed by atoms with E-state index in [1.165, 1.54) is 8.61 Å². The minimum Gasteiger partial charge on any atom is -0.375 e. The predicted octanol–water partition coefficient (Wildman–Crippen LogP) is 4.92. The highest BCUT2D eigenvalue weighted by Gasteiger charge is 2.71. The molecule has 2 unspecified atom stereocenters. The van der Waals surface area contributed by atoms with Crippen molar-refractivity contribution in [2.75, 3.05) is 13.2 Å². The van der Waals surface area contributed by atoms with Crippen LogP contribution in [0.25, 0.3) is 0 Å². The van der Waals surface area contributed by atoms with Crippen molar-refractivity contribution in [1.29, 1.82) is 0 Å². The number of hydrogen-bond donors (Lipinski definition) is 0. The molecule has 2 heterocycles. The predicted molar refractivity (Wildman–Crippen MR) is 168 cm³/mol. The van der Waals surface area contributed by atoms with E-state index in [4.69, 9.17) is 9.47 Å². The summed E-state index contributed by atoms with van der Waals surface area (Å²) in [5, 5.41) is 0. The van der Waals surface area contributed by atoms with Crippen molar-refractivity contribution in [3.8, 4) is 0 Å². The Kier molecular flexibility index (Phi) is 8.74. The van der Waals surface area contributed by atoms with E-state index in [0.29, 0.717) is 13.2 Å². The van der Waals surface area contributed by atoms with Gasteiger partial charge in [-0.3, -0.25) is 0 Å². The van der Waals surface area contributed by atoms with Crippen LogP contribution in [-0.4, -0.2) is 62.8 Å². The van der Waals surface area contributed by atoms with Crippen LogP contribution < -0.4 is 0 Å². The first-order valence-electron chi connectivity index (χ1n) is 14.6. The van der Waals surface area contributed by atoms with E-state index in [-0.39, 0.29) is 23.0 Å². The lowest BCUT2D eigenvalue weighted by atomic mass is 10.2. The van der Waals surface area contributed by atoms with Crippen molar-refractivity contribution in [3.05, 3.63) is 131 Å². The molecule has 0 radical (unpaired) electrons. The standard InChI is InChI=1S/C34H36N2O6S2/c1-25-13-17-29(18-14-25)43(37,38)35-31(23-41-21-27-9-5-3-6-10-27)33(35)34-32(24-42-22-28-11-7-4-8-12-28)36(34)44(39,40)30-19-15-26(2)16-20-30/h3-20,31-34H,21-24H2,1-2H3/t31-,32-,33-,34-,35?,36?/m0/s1. The van der Waals surface area contributed by atoms with E-state index < -0.39 is 44.2 Å². The van der Waals surface area contributed by atoms with Crippen LogP contribution in [0.3, 0.4) is 0 Å². The smallest absolute Gasteiger partial charge is 0.243 e. The average Bonchev–Trinajstić information content (AvgIpc) is 3.93. The van der Waals surface area contributed by atoms with Gasteiger partial charge >= 0.3 is 0 Å². The molecule has 44 heavy (non-hydrogen) atoms. The minimum atomic E-state index is -3.92. The molecule has 2 aliphatic rings. The Morgan fingerprint density at radius 3 is 1.20 bits per heavy atom. The zero-order chi connectivity index (χ0) is 30.9. The highest BCUT2D eigenvalue weighted by atomic mass is 32.2. The molecular formula is C34H36N2O6S2. The molecule has 2 aliphatic heterocycles. The summed E-state index contributed by atoms with van der Waals surface area (Å²) in [7, 11) is -7.83. The van der Waals surface area contributed by atoms with Crippen LogP contribution in [0.4, 0.5) is 0 Å². The topological polar surface area (TPSA) is 92.8 Å². The second kappa shape index (κ2) is 12.5. The summed E-state index contributed by atoms with van der Waals surface area (Å²) in [4.78, 5) is 0.341. The fourth-order valence-corrected chi connectivity index (χ4v) is 9.33. The van der Waals surface area contributed by atoms with Gasteiger partial charge in [-0.1, -0.05) is 96.1 Å². The number of sulfonamides is 2. The van der Waals surface area contributed by atoms with Crippen molar-refractivity contribution < 1.29 is 26.3 Å². The summed E-state index contributed by atoms with van der Waals surface area (Å²) in [5.41, 5.74) is 3.84. The van der Waals surface area contributed by atoms with Gasteiger partial charge in [-0.05, 0) is 49.2 Å². The van der Waals surface area contributed by atoms with Gasteiger partial charge in [0.05, 0.1) is 60.4 Å². The van der Waals surface area contributed by atoms with Crippen LogP contribution in [0.1, 0.15) is 22.3 Å². The largest absolute Gasteiger partial charge is 0.375 e. The summed E-state index contributed by atoms with van der Waals surface area (Å²) in [6, 6.07) is 30.5. The Morgan fingerprint density at radius 2 is 0.864 bits per heavy atom. The molecule has 2 fully saturated rings. The van der Waals surface area contributed by atoms with Crippen LogP contribution in [0.5, 0.6) is 0 Å². The molecule has 2 saturated heterocycles. The molecule has 0 aromatic heterocycles. The van der Waals surface area contributed by atoms with E-state index in [1.54, 1.807) is 48.5 Å². The van der Waals surface area contributed by atoms with Gasteiger partial charge in [0.15, 0.2) is 0 Å². The second-order valence-corrected chi connectivity index (χ2v) is 15.1. The zero-order valence-electron chi connectivity index (χ0n) is 24.7. The number of aryl methyl sites for hydroxylation is 2. The third-order valence-electron chi connectivity index (χ3n) is 8.19. The Labute approximate surface area is 260 Å². The lowest BCUT2D eigenvalue weighted by molar-refractivity contribution is 0.116. The molecular weight excluding hydrogens is 597 g/mol. The number of benzene rings is 4. The van der Waals surface area contributed by atoms with Crippen LogP contribution in [0, 0.1) is 13.8 Å². The van der Waals surface area contributed by atoms with Gasteiger partial charge in [-0.2, -0.15) is 8.61 Å². The Balaban J connectivity index is 1.28. The van der Waals surface area contributed by atoms with Gasteiger partial charge in [-0.25, -0.2) is 16.8 Å². The maximum absolute atomic E-state index is 13.9. The molecule has 4 aromatic carbocycles. The SMILES string of the molecule is Cc1ccc(S(=O)(=O)N2[C@H]([C@@H]3[C@H](COCc4ccccc4)N3S(=O)(=O)c3ccc(C)cc3)[C@@H]2COCc2ccccc2)cc1. The van der Waals surface area contributed by atoms with Gasteiger partial charge in [0, 0.05) is 0 Å². The number of ether oxygens (including phenoxy) is 2. The summed E-state index contributed by atoms with van der Waals surface area (Å²) in [5.74, 6) is 0. The highest BCUT2D eigenvalue weighted by Crippen LogP contribution is 2.50. The fourth-order valence-electron chi connectivity index (χ4n) is 5.74. The quantitative estimate of drug-likeness (QED) is 0.194. The van der Waals surface area contributed by atoms with Gasteiger partial charge in [0.2, 0.25) is 20.0 Å². The normalized spacial score (nSPS) is 24.6.